The van der Waals surface area contributed by atoms with Gasteiger partial charge in [-0.2, -0.15) is 0 Å². The molecule has 1 amide bonds. The molecule has 1 N–H and O–H groups in total. The van der Waals surface area contributed by atoms with Gasteiger partial charge in [0.25, 0.3) is 0 Å². The Balaban J connectivity index is 1.80. The molecule has 2 aliphatic heterocycles. The Kier molecular flexibility index (Phi) is 4.19. The predicted molar refractivity (Wildman–Crippen MR) is 84.9 cm³/mol. The summed E-state index contributed by atoms with van der Waals surface area (Å²) in [5, 5.41) is 4.04. The Morgan fingerprint density at radius 3 is 3.05 bits per heavy atom. The lowest BCUT2D eigenvalue weighted by Gasteiger charge is -2.38. The quantitative estimate of drug-likeness (QED) is 0.671. The summed E-state index contributed by atoms with van der Waals surface area (Å²) < 4.78 is 0. The number of fused-ring (bicyclic) bond motifs is 1. The molecular formula is C14H21N5OS. The SMILES string of the molecule is CCNc1cc(N2CCN3C(=O)CCC3C2)nc(SC)n1. The van der Waals surface area contributed by atoms with Gasteiger partial charge in [0.15, 0.2) is 5.16 Å². The maximum absolute atomic E-state index is 11.8. The maximum Gasteiger partial charge on any atom is 0.223 e. The van der Waals surface area contributed by atoms with Crippen molar-refractivity contribution in [1.29, 1.82) is 0 Å². The first-order valence-corrected chi connectivity index (χ1v) is 8.65. The fourth-order valence-corrected chi connectivity index (χ4v) is 3.38. The number of hydrogen-bond donors (Lipinski definition) is 1. The van der Waals surface area contributed by atoms with E-state index in [-0.39, 0.29) is 0 Å². The smallest absolute Gasteiger partial charge is 0.223 e. The van der Waals surface area contributed by atoms with E-state index in [0.29, 0.717) is 18.4 Å². The minimum Gasteiger partial charge on any atom is -0.370 e. The number of anilines is 2. The first-order chi connectivity index (χ1) is 10.2. The van der Waals surface area contributed by atoms with Gasteiger partial charge in [-0.1, -0.05) is 11.8 Å². The average Bonchev–Trinajstić information content (AvgIpc) is 2.88. The number of carbonyl (C=O) groups excluding carboxylic acids is 1. The highest BCUT2D eigenvalue weighted by molar-refractivity contribution is 7.98. The number of amides is 1. The van der Waals surface area contributed by atoms with Crippen molar-refractivity contribution in [2.75, 3.05) is 42.7 Å². The van der Waals surface area contributed by atoms with Gasteiger partial charge in [0.05, 0.1) is 0 Å². The van der Waals surface area contributed by atoms with Gasteiger partial charge in [-0.05, 0) is 19.6 Å². The van der Waals surface area contributed by atoms with Crippen LogP contribution in [0.1, 0.15) is 19.8 Å². The standard InChI is InChI=1S/C14H21N5OS/c1-3-15-11-8-12(17-14(16-11)21-2)18-6-7-19-10(9-18)4-5-13(19)20/h8,10H,3-7,9H2,1-2H3,(H,15,16,17). The summed E-state index contributed by atoms with van der Waals surface area (Å²) in [7, 11) is 0. The zero-order valence-corrected chi connectivity index (χ0v) is 13.3. The molecule has 3 heterocycles. The second-order valence-electron chi connectivity index (χ2n) is 5.35. The summed E-state index contributed by atoms with van der Waals surface area (Å²) in [5.74, 6) is 2.14. The van der Waals surface area contributed by atoms with Gasteiger partial charge in [-0.25, -0.2) is 9.97 Å². The minimum absolute atomic E-state index is 0.306. The van der Waals surface area contributed by atoms with Gasteiger partial charge in [0.1, 0.15) is 11.6 Å². The van der Waals surface area contributed by atoms with E-state index in [0.717, 1.165) is 49.4 Å². The van der Waals surface area contributed by atoms with Gasteiger partial charge in [-0.15, -0.1) is 0 Å². The molecule has 2 saturated heterocycles. The van der Waals surface area contributed by atoms with E-state index < -0.39 is 0 Å². The van der Waals surface area contributed by atoms with Crippen molar-refractivity contribution >= 4 is 29.3 Å². The zero-order valence-electron chi connectivity index (χ0n) is 12.5. The first-order valence-electron chi connectivity index (χ1n) is 7.42. The van der Waals surface area contributed by atoms with Crippen LogP contribution in [0.4, 0.5) is 11.6 Å². The summed E-state index contributed by atoms with van der Waals surface area (Å²) >= 11 is 1.55. The molecule has 7 heteroatoms. The van der Waals surface area contributed by atoms with E-state index in [2.05, 4.69) is 27.1 Å². The Labute approximate surface area is 129 Å². The van der Waals surface area contributed by atoms with E-state index in [1.165, 1.54) is 0 Å². The number of nitrogens with one attached hydrogen (secondary N) is 1. The fraction of sp³-hybridized carbons (Fsp3) is 0.643. The molecule has 0 aromatic carbocycles. The van der Waals surface area contributed by atoms with E-state index in [1.807, 2.05) is 17.2 Å². The molecule has 1 aromatic heterocycles. The third-order valence-corrected chi connectivity index (χ3v) is 4.60. The van der Waals surface area contributed by atoms with Gasteiger partial charge < -0.3 is 15.1 Å². The van der Waals surface area contributed by atoms with Crippen LogP contribution in [0.25, 0.3) is 0 Å². The van der Waals surface area contributed by atoms with E-state index in [4.69, 9.17) is 0 Å². The molecule has 2 fully saturated rings. The van der Waals surface area contributed by atoms with Crippen LogP contribution in [0.3, 0.4) is 0 Å². The summed E-state index contributed by atoms with van der Waals surface area (Å²) in [5.41, 5.74) is 0. The Bertz CT molecular complexity index is 538. The summed E-state index contributed by atoms with van der Waals surface area (Å²) in [4.78, 5) is 25.2. The highest BCUT2D eigenvalue weighted by atomic mass is 32.2. The van der Waals surface area contributed by atoms with E-state index in [9.17, 15) is 4.79 Å². The summed E-state index contributed by atoms with van der Waals surface area (Å²) in [6, 6.07) is 2.36. The lowest BCUT2D eigenvalue weighted by Crippen LogP contribution is -2.51. The van der Waals surface area contributed by atoms with Crippen LogP contribution in [-0.4, -0.2) is 59.3 Å². The molecule has 1 aromatic rings. The van der Waals surface area contributed by atoms with Gasteiger partial charge >= 0.3 is 0 Å². The summed E-state index contributed by atoms with van der Waals surface area (Å²) in [6.45, 7) is 5.43. The highest BCUT2D eigenvalue weighted by Gasteiger charge is 2.35. The molecule has 1 unspecified atom stereocenters. The number of hydrogen-bond acceptors (Lipinski definition) is 6. The minimum atomic E-state index is 0.306. The molecule has 6 nitrogen and oxygen atoms in total. The third-order valence-electron chi connectivity index (χ3n) is 4.05. The van der Waals surface area contributed by atoms with Crippen LogP contribution < -0.4 is 10.2 Å². The molecule has 1 atom stereocenters. The molecule has 0 spiro atoms. The first kappa shape index (κ1) is 14.4. The Morgan fingerprint density at radius 1 is 1.43 bits per heavy atom. The lowest BCUT2D eigenvalue weighted by atomic mass is 10.1. The molecular weight excluding hydrogens is 286 g/mol. The Hall–Kier alpha value is -1.50. The topological polar surface area (TPSA) is 61.4 Å². The largest absolute Gasteiger partial charge is 0.370 e. The molecule has 0 radical (unpaired) electrons. The normalized spacial score (nSPS) is 21.6. The molecule has 0 bridgehead atoms. The molecule has 0 aliphatic carbocycles. The molecule has 3 rings (SSSR count). The molecule has 21 heavy (non-hydrogen) atoms. The monoisotopic (exact) mass is 307 g/mol. The second-order valence-corrected chi connectivity index (χ2v) is 6.13. The second kappa shape index (κ2) is 6.09. The maximum atomic E-state index is 11.8. The van der Waals surface area contributed by atoms with Crippen molar-refractivity contribution in [3.8, 4) is 0 Å². The van der Waals surface area contributed by atoms with Gasteiger partial charge in [0.2, 0.25) is 5.91 Å². The molecule has 2 aliphatic rings. The van der Waals surface area contributed by atoms with Crippen molar-refractivity contribution in [1.82, 2.24) is 14.9 Å². The van der Waals surface area contributed by atoms with Gasteiger partial charge in [-0.3, -0.25) is 4.79 Å². The number of piperazine rings is 1. The third kappa shape index (κ3) is 2.92. The van der Waals surface area contributed by atoms with Crippen molar-refractivity contribution in [2.24, 2.45) is 0 Å². The van der Waals surface area contributed by atoms with E-state index in [1.54, 1.807) is 11.8 Å². The zero-order chi connectivity index (χ0) is 14.8. The number of nitrogens with zero attached hydrogens (tertiary/aromatic N) is 4. The van der Waals surface area contributed by atoms with Crippen LogP contribution in [0.2, 0.25) is 0 Å². The van der Waals surface area contributed by atoms with Crippen molar-refractivity contribution in [3.05, 3.63) is 6.07 Å². The van der Waals surface area contributed by atoms with Crippen LogP contribution in [0.15, 0.2) is 11.2 Å². The number of carbonyl (C=O) groups is 1. The lowest BCUT2D eigenvalue weighted by molar-refractivity contribution is -0.129. The van der Waals surface area contributed by atoms with Gasteiger partial charge in [0, 0.05) is 44.7 Å². The predicted octanol–water partition coefficient (Wildman–Crippen LogP) is 1.44. The molecule has 0 saturated carbocycles. The number of aromatic nitrogens is 2. The Morgan fingerprint density at radius 2 is 2.29 bits per heavy atom. The van der Waals surface area contributed by atoms with Crippen LogP contribution in [0, 0.1) is 0 Å². The van der Waals surface area contributed by atoms with Crippen molar-refractivity contribution in [2.45, 2.75) is 31.0 Å². The van der Waals surface area contributed by atoms with Crippen LogP contribution in [0.5, 0.6) is 0 Å². The number of thioether (sulfide) groups is 1. The van der Waals surface area contributed by atoms with Crippen LogP contribution >= 0.6 is 11.8 Å². The van der Waals surface area contributed by atoms with Crippen LogP contribution in [-0.2, 0) is 4.79 Å². The molecule has 114 valence electrons. The average molecular weight is 307 g/mol. The van der Waals surface area contributed by atoms with Crippen molar-refractivity contribution in [3.63, 3.8) is 0 Å². The van der Waals surface area contributed by atoms with E-state index >= 15 is 0 Å². The fourth-order valence-electron chi connectivity index (χ4n) is 3.01. The number of rotatable bonds is 4. The van der Waals surface area contributed by atoms with Crippen molar-refractivity contribution < 1.29 is 4.79 Å². The highest BCUT2D eigenvalue weighted by Crippen LogP contribution is 2.27. The summed E-state index contributed by atoms with van der Waals surface area (Å²) in [6.07, 6.45) is 3.65.